The van der Waals surface area contributed by atoms with E-state index < -0.39 is 12.3 Å². The van der Waals surface area contributed by atoms with E-state index in [0.29, 0.717) is 13.0 Å². The molecule has 78 valence electrons. The Morgan fingerprint density at radius 1 is 1.50 bits per heavy atom. The highest BCUT2D eigenvalue weighted by molar-refractivity contribution is 5.75. The minimum absolute atomic E-state index is 0.327. The standard InChI is InChI=1S/C9H12O5/c1-2-13-8(10)6-3-4-7(5-6)14-9(11)12/h3-4,6-7H,2,5H2,1H3,(H,11,12)/t6-,7+/m0/s1. The summed E-state index contributed by atoms with van der Waals surface area (Å²) < 4.78 is 9.28. The topological polar surface area (TPSA) is 72.8 Å². The molecule has 1 N–H and O–H groups in total. The summed E-state index contributed by atoms with van der Waals surface area (Å²) in [6.07, 6.45) is 1.66. The SMILES string of the molecule is CCOC(=O)[C@H]1C=C[C@@H](OC(=O)O)C1. The average Bonchev–Trinajstić information content (AvgIpc) is 2.52. The lowest BCUT2D eigenvalue weighted by atomic mass is 10.1. The van der Waals surface area contributed by atoms with Crippen molar-refractivity contribution in [3.63, 3.8) is 0 Å². The van der Waals surface area contributed by atoms with Crippen molar-refractivity contribution < 1.29 is 24.2 Å². The molecule has 1 aliphatic rings. The molecule has 2 atom stereocenters. The smallest absolute Gasteiger partial charge is 0.466 e. The monoisotopic (exact) mass is 200 g/mol. The minimum Gasteiger partial charge on any atom is -0.466 e. The van der Waals surface area contributed by atoms with Gasteiger partial charge in [0.25, 0.3) is 0 Å². The summed E-state index contributed by atoms with van der Waals surface area (Å²) in [4.78, 5) is 21.4. The molecule has 0 spiro atoms. The maximum Gasteiger partial charge on any atom is 0.506 e. The van der Waals surface area contributed by atoms with Gasteiger partial charge < -0.3 is 14.6 Å². The zero-order valence-electron chi connectivity index (χ0n) is 7.80. The lowest BCUT2D eigenvalue weighted by molar-refractivity contribution is -0.146. The summed E-state index contributed by atoms with van der Waals surface area (Å²) in [6.45, 7) is 2.05. The summed E-state index contributed by atoms with van der Waals surface area (Å²) in [5.41, 5.74) is 0. The fourth-order valence-electron chi connectivity index (χ4n) is 1.31. The van der Waals surface area contributed by atoms with Crippen LogP contribution in [0.25, 0.3) is 0 Å². The summed E-state index contributed by atoms with van der Waals surface area (Å²) in [7, 11) is 0. The fraction of sp³-hybridized carbons (Fsp3) is 0.556. The summed E-state index contributed by atoms with van der Waals surface area (Å²) in [5.74, 6) is -0.709. The van der Waals surface area contributed by atoms with Gasteiger partial charge in [-0.05, 0) is 13.0 Å². The Morgan fingerprint density at radius 3 is 2.79 bits per heavy atom. The first-order chi connectivity index (χ1) is 6.63. The molecule has 0 saturated heterocycles. The van der Waals surface area contributed by atoms with E-state index in [1.807, 2.05) is 0 Å². The van der Waals surface area contributed by atoms with Crippen LogP contribution in [0.3, 0.4) is 0 Å². The minimum atomic E-state index is -1.33. The molecule has 5 heteroatoms. The molecule has 5 nitrogen and oxygen atoms in total. The highest BCUT2D eigenvalue weighted by Crippen LogP contribution is 2.21. The Kier molecular flexibility index (Phi) is 3.50. The number of hydrogen-bond donors (Lipinski definition) is 1. The lowest BCUT2D eigenvalue weighted by Gasteiger charge is -2.10. The molecule has 1 rings (SSSR count). The molecule has 0 aliphatic heterocycles. The second kappa shape index (κ2) is 4.64. The van der Waals surface area contributed by atoms with Crippen molar-refractivity contribution in [2.45, 2.75) is 19.4 Å². The van der Waals surface area contributed by atoms with Crippen LogP contribution in [-0.2, 0) is 14.3 Å². The normalized spacial score (nSPS) is 24.6. The van der Waals surface area contributed by atoms with E-state index >= 15 is 0 Å². The van der Waals surface area contributed by atoms with Crippen molar-refractivity contribution in [3.8, 4) is 0 Å². The maximum atomic E-state index is 11.2. The van der Waals surface area contributed by atoms with Crippen molar-refractivity contribution in [2.24, 2.45) is 5.92 Å². The van der Waals surface area contributed by atoms with E-state index in [4.69, 9.17) is 9.84 Å². The van der Waals surface area contributed by atoms with Gasteiger partial charge in [-0.25, -0.2) is 4.79 Å². The molecule has 0 amide bonds. The van der Waals surface area contributed by atoms with Crippen LogP contribution in [-0.4, -0.2) is 29.9 Å². The molecule has 0 radical (unpaired) electrons. The van der Waals surface area contributed by atoms with Crippen LogP contribution in [0.15, 0.2) is 12.2 Å². The third-order valence-corrected chi connectivity index (χ3v) is 1.89. The molecule has 1 aliphatic carbocycles. The van der Waals surface area contributed by atoms with E-state index in [2.05, 4.69) is 4.74 Å². The number of carbonyl (C=O) groups is 2. The molecule has 0 unspecified atom stereocenters. The van der Waals surface area contributed by atoms with Crippen LogP contribution in [0.1, 0.15) is 13.3 Å². The predicted molar refractivity (Wildman–Crippen MR) is 46.8 cm³/mol. The van der Waals surface area contributed by atoms with Crippen molar-refractivity contribution in [1.29, 1.82) is 0 Å². The molecular formula is C9H12O5. The molecule has 0 aromatic rings. The average molecular weight is 200 g/mol. The fourth-order valence-corrected chi connectivity index (χ4v) is 1.31. The first-order valence-electron chi connectivity index (χ1n) is 4.38. The number of esters is 1. The Balaban J connectivity index is 2.38. The van der Waals surface area contributed by atoms with E-state index in [-0.39, 0.29) is 11.9 Å². The van der Waals surface area contributed by atoms with Crippen LogP contribution >= 0.6 is 0 Å². The highest BCUT2D eigenvalue weighted by atomic mass is 16.7. The second-order valence-corrected chi connectivity index (χ2v) is 2.90. The van der Waals surface area contributed by atoms with E-state index in [1.165, 1.54) is 0 Å². The van der Waals surface area contributed by atoms with Gasteiger partial charge in [-0.15, -0.1) is 0 Å². The molecule has 14 heavy (non-hydrogen) atoms. The van der Waals surface area contributed by atoms with Gasteiger partial charge in [-0.1, -0.05) is 6.08 Å². The van der Waals surface area contributed by atoms with Crippen molar-refractivity contribution >= 4 is 12.1 Å². The molecular weight excluding hydrogens is 188 g/mol. The Morgan fingerprint density at radius 2 is 2.21 bits per heavy atom. The van der Waals surface area contributed by atoms with Crippen molar-refractivity contribution in [2.75, 3.05) is 6.61 Å². The van der Waals surface area contributed by atoms with Crippen LogP contribution in [0.4, 0.5) is 4.79 Å². The van der Waals surface area contributed by atoms with Gasteiger partial charge in [-0.2, -0.15) is 0 Å². The quantitative estimate of drug-likeness (QED) is 0.547. The summed E-state index contributed by atoms with van der Waals surface area (Å²) in [6, 6.07) is 0. The molecule has 0 bridgehead atoms. The Bertz CT molecular complexity index is 258. The first kappa shape index (κ1) is 10.6. The van der Waals surface area contributed by atoms with Gasteiger partial charge >= 0.3 is 12.1 Å². The lowest BCUT2D eigenvalue weighted by Crippen LogP contribution is -2.19. The van der Waals surface area contributed by atoms with Gasteiger partial charge in [-0.3, -0.25) is 4.79 Å². The van der Waals surface area contributed by atoms with Crippen LogP contribution < -0.4 is 0 Å². The Labute approximate surface area is 81.3 Å². The largest absolute Gasteiger partial charge is 0.506 e. The van der Waals surface area contributed by atoms with E-state index in [1.54, 1.807) is 19.1 Å². The van der Waals surface area contributed by atoms with Crippen LogP contribution in [0.5, 0.6) is 0 Å². The van der Waals surface area contributed by atoms with Gasteiger partial charge in [0.05, 0.1) is 12.5 Å². The Hall–Kier alpha value is -1.52. The second-order valence-electron chi connectivity index (χ2n) is 2.90. The van der Waals surface area contributed by atoms with E-state index in [9.17, 15) is 9.59 Å². The zero-order valence-corrected chi connectivity index (χ0v) is 7.80. The number of rotatable bonds is 3. The number of hydrogen-bond acceptors (Lipinski definition) is 4. The van der Waals surface area contributed by atoms with Gasteiger partial charge in [0.2, 0.25) is 0 Å². The van der Waals surface area contributed by atoms with Crippen molar-refractivity contribution in [3.05, 3.63) is 12.2 Å². The van der Waals surface area contributed by atoms with Crippen molar-refractivity contribution in [1.82, 2.24) is 0 Å². The van der Waals surface area contributed by atoms with Gasteiger partial charge in [0, 0.05) is 6.42 Å². The van der Waals surface area contributed by atoms with Crippen LogP contribution in [0, 0.1) is 5.92 Å². The molecule has 0 aromatic carbocycles. The molecule has 0 aromatic heterocycles. The first-order valence-corrected chi connectivity index (χ1v) is 4.38. The van der Waals surface area contributed by atoms with E-state index in [0.717, 1.165) is 0 Å². The molecule has 0 saturated carbocycles. The maximum absolute atomic E-state index is 11.2. The number of ether oxygens (including phenoxy) is 2. The zero-order chi connectivity index (χ0) is 10.6. The van der Waals surface area contributed by atoms with Gasteiger partial charge in [0.15, 0.2) is 0 Å². The number of carbonyl (C=O) groups excluding carboxylic acids is 1. The third kappa shape index (κ3) is 2.76. The molecule has 0 heterocycles. The summed E-state index contributed by atoms with van der Waals surface area (Å²) in [5, 5.41) is 8.33. The highest BCUT2D eigenvalue weighted by Gasteiger charge is 2.27. The van der Waals surface area contributed by atoms with Gasteiger partial charge in [0.1, 0.15) is 6.10 Å². The molecule has 0 fully saturated rings. The predicted octanol–water partition coefficient (Wildman–Crippen LogP) is 1.19. The summed E-state index contributed by atoms with van der Waals surface area (Å²) >= 11 is 0. The number of carboxylic acid groups (broad SMARTS) is 1. The van der Waals surface area contributed by atoms with Crippen LogP contribution in [0.2, 0.25) is 0 Å². The third-order valence-electron chi connectivity index (χ3n) is 1.89.